The molecule has 0 radical (unpaired) electrons. The summed E-state index contributed by atoms with van der Waals surface area (Å²) in [6.45, 7) is 1.60. The fraction of sp³-hybridized carbons (Fsp3) is 0.333. The van der Waals surface area contributed by atoms with Crippen molar-refractivity contribution in [1.29, 1.82) is 0 Å². The lowest BCUT2D eigenvalue weighted by molar-refractivity contribution is -0.141. The van der Waals surface area contributed by atoms with Crippen molar-refractivity contribution in [2.75, 3.05) is 6.54 Å². The number of phenolic OH excluding ortho intramolecular Hbond substituents is 1. The maximum Gasteiger partial charge on any atom is 0.308 e. The number of hydrogen-bond acceptors (Lipinski definition) is 3. The van der Waals surface area contributed by atoms with Gasteiger partial charge in [-0.1, -0.05) is 25.1 Å². The third-order valence-electron chi connectivity index (χ3n) is 2.37. The van der Waals surface area contributed by atoms with Crippen LogP contribution in [0.3, 0.4) is 0 Å². The molecule has 0 bridgehead atoms. The minimum Gasteiger partial charge on any atom is -0.508 e. The summed E-state index contributed by atoms with van der Waals surface area (Å²) in [6.07, 6.45) is 0.0407. The van der Waals surface area contributed by atoms with Gasteiger partial charge in [-0.2, -0.15) is 0 Å². The second-order valence-electron chi connectivity index (χ2n) is 3.85. The maximum absolute atomic E-state index is 11.5. The van der Waals surface area contributed by atoms with Crippen LogP contribution in [0.25, 0.3) is 0 Å². The minimum atomic E-state index is -0.951. The van der Waals surface area contributed by atoms with Gasteiger partial charge in [-0.15, -0.1) is 0 Å². The van der Waals surface area contributed by atoms with Crippen LogP contribution in [0.5, 0.6) is 5.75 Å². The molecule has 3 N–H and O–H groups in total. The Bertz CT molecular complexity index is 417. The number of para-hydroxylation sites is 1. The lowest BCUT2D eigenvalue weighted by Crippen LogP contribution is -2.32. The van der Waals surface area contributed by atoms with Crippen LogP contribution >= 0.6 is 0 Å². The molecular formula is C12H15NO4. The Labute approximate surface area is 99.1 Å². The molecule has 0 saturated carbocycles. The first kappa shape index (κ1) is 13.0. The molecule has 1 rings (SSSR count). The summed E-state index contributed by atoms with van der Waals surface area (Å²) in [5.41, 5.74) is 0.521. The van der Waals surface area contributed by atoms with E-state index in [0.717, 1.165) is 0 Å². The number of amides is 1. The Balaban J connectivity index is 2.46. The van der Waals surface area contributed by atoms with Gasteiger partial charge in [-0.05, 0) is 6.07 Å². The number of rotatable bonds is 5. The number of carboxylic acid groups (broad SMARTS) is 1. The van der Waals surface area contributed by atoms with E-state index in [2.05, 4.69) is 5.32 Å². The Hall–Kier alpha value is -2.04. The van der Waals surface area contributed by atoms with Crippen LogP contribution < -0.4 is 5.32 Å². The van der Waals surface area contributed by atoms with E-state index in [-0.39, 0.29) is 24.6 Å². The van der Waals surface area contributed by atoms with Crippen molar-refractivity contribution >= 4 is 11.9 Å². The van der Waals surface area contributed by atoms with E-state index >= 15 is 0 Å². The second-order valence-corrected chi connectivity index (χ2v) is 3.85. The molecule has 0 heterocycles. The standard InChI is InChI=1S/C12H15NO4/c1-8(12(16)17)7-13-11(15)6-9-4-2-3-5-10(9)14/h2-5,8,14H,6-7H2,1H3,(H,13,15)(H,16,17). The van der Waals surface area contributed by atoms with Gasteiger partial charge in [0, 0.05) is 12.1 Å². The molecule has 5 heteroatoms. The summed E-state index contributed by atoms with van der Waals surface area (Å²) in [5, 5.41) is 20.6. The van der Waals surface area contributed by atoms with Crippen molar-refractivity contribution in [3.63, 3.8) is 0 Å². The zero-order valence-electron chi connectivity index (χ0n) is 9.51. The number of hydrogen-bond donors (Lipinski definition) is 3. The van der Waals surface area contributed by atoms with Crippen LogP contribution in [0.2, 0.25) is 0 Å². The molecule has 0 aliphatic carbocycles. The third kappa shape index (κ3) is 4.14. The number of carboxylic acids is 1. The molecule has 0 fully saturated rings. The summed E-state index contributed by atoms with van der Waals surface area (Å²) in [5.74, 6) is -1.82. The molecule has 1 amide bonds. The predicted octanol–water partition coefficient (Wildman–Crippen LogP) is 0.772. The van der Waals surface area contributed by atoms with E-state index in [4.69, 9.17) is 5.11 Å². The van der Waals surface area contributed by atoms with Gasteiger partial charge in [0.1, 0.15) is 5.75 Å². The van der Waals surface area contributed by atoms with E-state index in [1.165, 1.54) is 13.0 Å². The van der Waals surface area contributed by atoms with E-state index in [1.54, 1.807) is 18.2 Å². The largest absolute Gasteiger partial charge is 0.508 e. The molecule has 5 nitrogen and oxygen atoms in total. The number of benzene rings is 1. The summed E-state index contributed by atoms with van der Waals surface area (Å²) in [7, 11) is 0. The van der Waals surface area contributed by atoms with Crippen molar-refractivity contribution in [2.45, 2.75) is 13.3 Å². The van der Waals surface area contributed by atoms with Crippen LogP contribution in [0.4, 0.5) is 0 Å². The monoisotopic (exact) mass is 237 g/mol. The topological polar surface area (TPSA) is 86.6 Å². The molecule has 0 saturated heterocycles. The number of phenols is 1. The molecule has 1 aromatic carbocycles. The molecule has 92 valence electrons. The Morgan fingerprint density at radius 3 is 2.59 bits per heavy atom. The highest BCUT2D eigenvalue weighted by Gasteiger charge is 2.13. The molecular weight excluding hydrogens is 222 g/mol. The quantitative estimate of drug-likeness (QED) is 0.706. The zero-order valence-corrected chi connectivity index (χ0v) is 9.51. The van der Waals surface area contributed by atoms with Gasteiger partial charge in [0.25, 0.3) is 0 Å². The first-order chi connectivity index (χ1) is 8.00. The normalized spacial score (nSPS) is 11.8. The van der Waals surface area contributed by atoms with Gasteiger partial charge in [-0.3, -0.25) is 9.59 Å². The predicted molar refractivity (Wildman–Crippen MR) is 61.6 cm³/mol. The van der Waals surface area contributed by atoms with E-state index in [1.807, 2.05) is 0 Å². The minimum absolute atomic E-state index is 0.0407. The Morgan fingerprint density at radius 2 is 2.00 bits per heavy atom. The highest BCUT2D eigenvalue weighted by atomic mass is 16.4. The zero-order chi connectivity index (χ0) is 12.8. The van der Waals surface area contributed by atoms with Crippen molar-refractivity contribution < 1.29 is 19.8 Å². The van der Waals surface area contributed by atoms with Crippen molar-refractivity contribution in [2.24, 2.45) is 5.92 Å². The van der Waals surface area contributed by atoms with Gasteiger partial charge in [0.05, 0.1) is 12.3 Å². The number of aromatic hydroxyl groups is 1. The Morgan fingerprint density at radius 1 is 1.35 bits per heavy atom. The van der Waals surface area contributed by atoms with Crippen molar-refractivity contribution in [3.8, 4) is 5.75 Å². The summed E-state index contributed by atoms with van der Waals surface area (Å²) < 4.78 is 0. The average molecular weight is 237 g/mol. The molecule has 17 heavy (non-hydrogen) atoms. The fourth-order valence-corrected chi connectivity index (χ4v) is 1.25. The third-order valence-corrected chi connectivity index (χ3v) is 2.37. The van der Waals surface area contributed by atoms with Crippen LogP contribution in [-0.4, -0.2) is 28.6 Å². The van der Waals surface area contributed by atoms with Gasteiger partial charge in [0.15, 0.2) is 0 Å². The maximum atomic E-state index is 11.5. The number of nitrogens with one attached hydrogen (secondary N) is 1. The highest BCUT2D eigenvalue weighted by Crippen LogP contribution is 2.15. The molecule has 0 spiro atoms. The van der Waals surface area contributed by atoms with E-state index in [9.17, 15) is 14.7 Å². The van der Waals surface area contributed by atoms with Gasteiger partial charge in [0.2, 0.25) is 5.91 Å². The summed E-state index contributed by atoms with van der Waals surface area (Å²) in [4.78, 5) is 22.0. The molecule has 0 aromatic heterocycles. The number of aliphatic carboxylic acids is 1. The van der Waals surface area contributed by atoms with Gasteiger partial charge < -0.3 is 15.5 Å². The first-order valence-electron chi connectivity index (χ1n) is 5.27. The van der Waals surface area contributed by atoms with E-state index < -0.39 is 11.9 Å². The molecule has 0 aliphatic rings. The molecule has 1 atom stereocenters. The smallest absolute Gasteiger partial charge is 0.308 e. The van der Waals surface area contributed by atoms with Crippen molar-refractivity contribution in [3.05, 3.63) is 29.8 Å². The number of carbonyl (C=O) groups is 2. The second kappa shape index (κ2) is 5.89. The molecule has 1 unspecified atom stereocenters. The molecule has 0 aliphatic heterocycles. The fourth-order valence-electron chi connectivity index (χ4n) is 1.25. The molecule has 1 aromatic rings. The summed E-state index contributed by atoms with van der Waals surface area (Å²) in [6, 6.07) is 6.55. The van der Waals surface area contributed by atoms with Crippen LogP contribution in [0, 0.1) is 5.92 Å². The summed E-state index contributed by atoms with van der Waals surface area (Å²) >= 11 is 0. The van der Waals surface area contributed by atoms with Crippen LogP contribution in [0.1, 0.15) is 12.5 Å². The highest BCUT2D eigenvalue weighted by molar-refractivity contribution is 5.80. The Kier molecular flexibility index (Phi) is 4.51. The lowest BCUT2D eigenvalue weighted by Gasteiger charge is -2.09. The van der Waals surface area contributed by atoms with Crippen LogP contribution in [-0.2, 0) is 16.0 Å². The number of carbonyl (C=O) groups excluding carboxylic acids is 1. The lowest BCUT2D eigenvalue weighted by atomic mass is 10.1. The van der Waals surface area contributed by atoms with Crippen molar-refractivity contribution in [1.82, 2.24) is 5.32 Å². The first-order valence-corrected chi connectivity index (χ1v) is 5.27. The SMILES string of the molecule is CC(CNC(=O)Cc1ccccc1O)C(=O)O. The average Bonchev–Trinajstić information content (AvgIpc) is 2.29. The van der Waals surface area contributed by atoms with Gasteiger partial charge >= 0.3 is 5.97 Å². The van der Waals surface area contributed by atoms with Gasteiger partial charge in [-0.25, -0.2) is 0 Å². The van der Waals surface area contributed by atoms with Crippen LogP contribution in [0.15, 0.2) is 24.3 Å². The van der Waals surface area contributed by atoms with E-state index in [0.29, 0.717) is 5.56 Å².